The average Bonchev–Trinajstić information content (AvgIpc) is 2.80. The molecule has 0 aliphatic carbocycles. The summed E-state index contributed by atoms with van der Waals surface area (Å²) in [6, 6.07) is -0.0745. The topological polar surface area (TPSA) is 75.2 Å². The third-order valence-corrected chi connectivity index (χ3v) is 5.40. The van der Waals surface area contributed by atoms with Crippen LogP contribution in [0.1, 0.15) is 31.7 Å². The van der Waals surface area contributed by atoms with E-state index < -0.39 is 10.0 Å². The molecule has 1 fully saturated rings. The number of anilines is 1. The van der Waals surface area contributed by atoms with Crippen molar-refractivity contribution in [1.82, 2.24) is 14.7 Å². The van der Waals surface area contributed by atoms with Gasteiger partial charge < -0.3 is 4.90 Å². The average molecular weight is 298 g/mol. The minimum Gasteiger partial charge on any atom is -0.354 e. The van der Waals surface area contributed by atoms with Gasteiger partial charge in [-0.3, -0.25) is 4.98 Å². The van der Waals surface area contributed by atoms with Crippen molar-refractivity contribution in [2.45, 2.75) is 45.4 Å². The van der Waals surface area contributed by atoms with Crippen molar-refractivity contribution in [3.05, 3.63) is 17.6 Å². The fraction of sp³-hybridized carbons (Fsp3) is 0.692. The summed E-state index contributed by atoms with van der Waals surface area (Å²) in [6.45, 7) is 8.63. The second kappa shape index (κ2) is 5.65. The number of aryl methyl sites for hydroxylation is 2. The van der Waals surface area contributed by atoms with Crippen LogP contribution >= 0.6 is 0 Å². The van der Waals surface area contributed by atoms with E-state index in [1.165, 1.54) is 0 Å². The van der Waals surface area contributed by atoms with Gasteiger partial charge >= 0.3 is 0 Å². The Morgan fingerprint density at radius 2 is 2.10 bits per heavy atom. The summed E-state index contributed by atoms with van der Waals surface area (Å²) in [5, 5.41) is -0.383. The molecule has 1 aromatic rings. The molecule has 7 heteroatoms. The molecular weight excluding hydrogens is 276 g/mol. The smallest absolute Gasteiger partial charge is 0.216 e. The highest BCUT2D eigenvalue weighted by Crippen LogP contribution is 2.24. The lowest BCUT2D eigenvalue weighted by molar-refractivity contribution is 0.557. The maximum Gasteiger partial charge on any atom is 0.216 e. The molecule has 0 aromatic carbocycles. The van der Waals surface area contributed by atoms with Gasteiger partial charge in [-0.05, 0) is 34.1 Å². The number of hydrogen-bond donors (Lipinski definition) is 1. The van der Waals surface area contributed by atoms with Crippen molar-refractivity contribution in [3.63, 3.8) is 0 Å². The van der Waals surface area contributed by atoms with Gasteiger partial charge in [0.25, 0.3) is 0 Å². The molecule has 0 unspecified atom stereocenters. The van der Waals surface area contributed by atoms with Crippen molar-refractivity contribution < 1.29 is 8.42 Å². The lowest BCUT2D eigenvalue weighted by Crippen LogP contribution is -2.40. The fourth-order valence-electron chi connectivity index (χ4n) is 2.42. The third kappa shape index (κ3) is 3.27. The maximum atomic E-state index is 12.2. The molecule has 0 spiro atoms. The predicted molar refractivity (Wildman–Crippen MR) is 79.3 cm³/mol. The largest absolute Gasteiger partial charge is 0.354 e. The van der Waals surface area contributed by atoms with E-state index in [1.807, 2.05) is 32.6 Å². The van der Waals surface area contributed by atoms with Crippen LogP contribution in [0.25, 0.3) is 0 Å². The van der Waals surface area contributed by atoms with E-state index in [4.69, 9.17) is 0 Å². The molecule has 0 amide bonds. The molecule has 2 heterocycles. The van der Waals surface area contributed by atoms with E-state index in [9.17, 15) is 8.42 Å². The molecule has 1 atom stereocenters. The van der Waals surface area contributed by atoms with Crippen molar-refractivity contribution in [2.75, 3.05) is 18.0 Å². The van der Waals surface area contributed by atoms with Crippen LogP contribution in [0, 0.1) is 13.8 Å². The lowest BCUT2D eigenvalue weighted by atomic mass is 10.4. The molecule has 0 bridgehead atoms. The Kier molecular flexibility index (Phi) is 4.29. The summed E-state index contributed by atoms with van der Waals surface area (Å²) in [4.78, 5) is 10.8. The van der Waals surface area contributed by atoms with Crippen LogP contribution in [0.5, 0.6) is 0 Å². The molecular formula is C13H22N4O2S. The Morgan fingerprint density at radius 1 is 1.40 bits per heavy atom. The number of nitrogens with zero attached hydrogens (tertiary/aromatic N) is 3. The summed E-state index contributed by atoms with van der Waals surface area (Å²) in [5.41, 5.74) is 1.68. The standard InChI is InChI=1S/C13H22N4O2S/c1-9(2)16-20(18,19)12-5-6-17(8-12)13-11(4)14-7-10(3)15-13/h7,9,12,16H,5-6,8H2,1-4H3/t12-/m0/s1. The Hall–Kier alpha value is -1.21. The Balaban J connectivity index is 2.15. The normalized spacial score (nSPS) is 19.9. The van der Waals surface area contributed by atoms with E-state index in [0.29, 0.717) is 19.5 Å². The highest BCUT2D eigenvalue weighted by atomic mass is 32.2. The SMILES string of the molecule is Cc1cnc(C)c(N2CC[C@H](S(=O)(=O)NC(C)C)C2)n1. The van der Waals surface area contributed by atoms with Gasteiger partial charge in [-0.15, -0.1) is 0 Å². The number of sulfonamides is 1. The summed E-state index contributed by atoms with van der Waals surface area (Å²) >= 11 is 0. The molecule has 1 N–H and O–H groups in total. The van der Waals surface area contributed by atoms with Gasteiger partial charge in [0.05, 0.1) is 16.6 Å². The molecule has 1 aliphatic rings. The van der Waals surface area contributed by atoms with E-state index in [0.717, 1.165) is 17.2 Å². The second-order valence-corrected chi connectivity index (χ2v) is 7.59. The minimum absolute atomic E-state index is 0.0745. The zero-order chi connectivity index (χ0) is 14.9. The van der Waals surface area contributed by atoms with Crippen LogP contribution < -0.4 is 9.62 Å². The lowest BCUT2D eigenvalue weighted by Gasteiger charge is -2.20. The first kappa shape index (κ1) is 15.2. The van der Waals surface area contributed by atoms with Gasteiger partial charge in [0.2, 0.25) is 10.0 Å². The van der Waals surface area contributed by atoms with Crippen molar-refractivity contribution >= 4 is 15.8 Å². The van der Waals surface area contributed by atoms with Crippen molar-refractivity contribution in [3.8, 4) is 0 Å². The molecule has 1 aromatic heterocycles. The molecule has 1 saturated heterocycles. The number of aromatic nitrogens is 2. The number of hydrogen-bond acceptors (Lipinski definition) is 5. The van der Waals surface area contributed by atoms with E-state index in [1.54, 1.807) is 6.20 Å². The van der Waals surface area contributed by atoms with E-state index >= 15 is 0 Å². The zero-order valence-corrected chi connectivity index (χ0v) is 13.2. The van der Waals surface area contributed by atoms with Gasteiger partial charge in [-0.2, -0.15) is 0 Å². The molecule has 0 saturated carbocycles. The molecule has 0 radical (unpaired) electrons. The highest BCUT2D eigenvalue weighted by molar-refractivity contribution is 7.90. The monoisotopic (exact) mass is 298 g/mol. The predicted octanol–water partition coefficient (Wildman–Crippen LogP) is 1.000. The third-order valence-electron chi connectivity index (χ3n) is 3.33. The summed E-state index contributed by atoms with van der Waals surface area (Å²) in [5.74, 6) is 0.798. The summed E-state index contributed by atoms with van der Waals surface area (Å²) < 4.78 is 27.1. The van der Waals surface area contributed by atoms with Crippen LogP contribution in [0.3, 0.4) is 0 Å². The first-order valence-electron chi connectivity index (χ1n) is 6.86. The molecule has 1 aliphatic heterocycles. The van der Waals surface area contributed by atoms with Crippen LogP contribution in [-0.2, 0) is 10.0 Å². The van der Waals surface area contributed by atoms with Crippen LogP contribution in [-0.4, -0.2) is 42.8 Å². The van der Waals surface area contributed by atoms with E-state index in [2.05, 4.69) is 14.7 Å². The van der Waals surface area contributed by atoms with Gasteiger partial charge in [-0.25, -0.2) is 18.1 Å². The summed E-state index contributed by atoms with van der Waals surface area (Å²) in [7, 11) is -3.26. The molecule has 20 heavy (non-hydrogen) atoms. The Bertz CT molecular complexity index is 586. The second-order valence-electron chi connectivity index (χ2n) is 5.59. The van der Waals surface area contributed by atoms with Gasteiger partial charge in [0.15, 0.2) is 0 Å². The molecule has 6 nitrogen and oxygen atoms in total. The fourth-order valence-corrected chi connectivity index (χ4v) is 4.06. The quantitative estimate of drug-likeness (QED) is 0.897. The van der Waals surface area contributed by atoms with Crippen LogP contribution in [0.2, 0.25) is 0 Å². The highest BCUT2D eigenvalue weighted by Gasteiger charge is 2.34. The Labute approximate surface area is 120 Å². The van der Waals surface area contributed by atoms with Crippen LogP contribution in [0.15, 0.2) is 6.20 Å². The van der Waals surface area contributed by atoms with Gasteiger partial charge in [-0.1, -0.05) is 0 Å². The van der Waals surface area contributed by atoms with Crippen molar-refractivity contribution in [2.24, 2.45) is 0 Å². The van der Waals surface area contributed by atoms with Gasteiger partial charge in [0, 0.05) is 25.3 Å². The number of rotatable bonds is 4. The zero-order valence-electron chi connectivity index (χ0n) is 12.4. The van der Waals surface area contributed by atoms with Crippen molar-refractivity contribution in [1.29, 1.82) is 0 Å². The first-order valence-corrected chi connectivity index (χ1v) is 8.40. The first-order chi connectivity index (χ1) is 9.29. The maximum absolute atomic E-state index is 12.2. The summed E-state index contributed by atoms with van der Waals surface area (Å²) in [6.07, 6.45) is 2.35. The minimum atomic E-state index is -3.26. The van der Waals surface area contributed by atoms with Gasteiger partial charge in [0.1, 0.15) is 5.82 Å². The Morgan fingerprint density at radius 3 is 2.75 bits per heavy atom. The van der Waals surface area contributed by atoms with Crippen LogP contribution in [0.4, 0.5) is 5.82 Å². The molecule has 112 valence electrons. The van der Waals surface area contributed by atoms with E-state index in [-0.39, 0.29) is 11.3 Å². The number of nitrogens with one attached hydrogen (secondary N) is 1. The molecule has 2 rings (SSSR count).